The number of thioether (sulfide) groups is 1. The maximum Gasteiger partial charge on any atom is 0.122 e. The van der Waals surface area contributed by atoms with Crippen molar-refractivity contribution in [3.63, 3.8) is 0 Å². The summed E-state index contributed by atoms with van der Waals surface area (Å²) in [6.07, 6.45) is 3.44. The van der Waals surface area contributed by atoms with Crippen LogP contribution in [-0.2, 0) is 12.8 Å². The topological polar surface area (TPSA) is 21.3 Å². The van der Waals surface area contributed by atoms with E-state index in [-0.39, 0.29) is 0 Å². The van der Waals surface area contributed by atoms with E-state index in [0.717, 1.165) is 31.7 Å². The SMILES string of the molecule is CCNC(CCc1ccc2c(c1)CCO2)CSC(C)C. The van der Waals surface area contributed by atoms with E-state index in [1.54, 1.807) is 0 Å². The number of rotatable bonds is 8. The Balaban J connectivity index is 1.85. The summed E-state index contributed by atoms with van der Waals surface area (Å²) in [6, 6.07) is 7.32. The molecule has 112 valence electrons. The van der Waals surface area contributed by atoms with Crippen molar-refractivity contribution in [2.24, 2.45) is 0 Å². The second-order valence-electron chi connectivity index (χ2n) is 5.72. The summed E-state index contributed by atoms with van der Waals surface area (Å²) in [5, 5.41) is 4.33. The predicted molar refractivity (Wildman–Crippen MR) is 89.0 cm³/mol. The van der Waals surface area contributed by atoms with Gasteiger partial charge in [0.1, 0.15) is 5.75 Å². The lowest BCUT2D eigenvalue weighted by Crippen LogP contribution is -2.32. The van der Waals surface area contributed by atoms with Crippen molar-refractivity contribution in [2.75, 3.05) is 18.9 Å². The molecule has 0 amide bonds. The van der Waals surface area contributed by atoms with E-state index in [9.17, 15) is 0 Å². The summed E-state index contributed by atoms with van der Waals surface area (Å²) in [4.78, 5) is 0. The van der Waals surface area contributed by atoms with Crippen molar-refractivity contribution in [3.8, 4) is 5.75 Å². The average molecular weight is 293 g/mol. The van der Waals surface area contributed by atoms with E-state index in [1.807, 2.05) is 0 Å². The molecule has 1 aliphatic rings. The van der Waals surface area contributed by atoms with Gasteiger partial charge in [-0.05, 0) is 41.8 Å². The average Bonchev–Trinajstić information content (AvgIpc) is 2.89. The van der Waals surface area contributed by atoms with E-state index in [1.165, 1.54) is 23.3 Å². The molecule has 1 N–H and O–H groups in total. The predicted octanol–water partition coefficient (Wildman–Crippen LogP) is 3.67. The van der Waals surface area contributed by atoms with Crippen LogP contribution >= 0.6 is 11.8 Å². The molecule has 2 rings (SSSR count). The largest absolute Gasteiger partial charge is 0.493 e. The van der Waals surface area contributed by atoms with Gasteiger partial charge < -0.3 is 10.1 Å². The molecule has 1 aliphatic heterocycles. The molecule has 0 bridgehead atoms. The molecule has 0 saturated heterocycles. The highest BCUT2D eigenvalue weighted by Crippen LogP contribution is 2.26. The van der Waals surface area contributed by atoms with Crippen LogP contribution in [0, 0.1) is 0 Å². The highest BCUT2D eigenvalue weighted by molar-refractivity contribution is 7.99. The Morgan fingerprint density at radius 2 is 2.20 bits per heavy atom. The Labute approximate surface area is 127 Å². The van der Waals surface area contributed by atoms with Crippen LogP contribution in [0.5, 0.6) is 5.75 Å². The van der Waals surface area contributed by atoms with E-state index >= 15 is 0 Å². The van der Waals surface area contributed by atoms with Crippen molar-refractivity contribution in [2.45, 2.75) is 51.3 Å². The molecule has 1 heterocycles. The first-order chi connectivity index (χ1) is 9.69. The molecule has 20 heavy (non-hydrogen) atoms. The van der Waals surface area contributed by atoms with Gasteiger partial charge in [-0.15, -0.1) is 0 Å². The van der Waals surface area contributed by atoms with Crippen LogP contribution in [0.1, 0.15) is 38.3 Å². The minimum Gasteiger partial charge on any atom is -0.493 e. The molecule has 1 atom stereocenters. The maximum absolute atomic E-state index is 5.57. The minimum atomic E-state index is 0.622. The number of hydrogen-bond donors (Lipinski definition) is 1. The number of hydrogen-bond acceptors (Lipinski definition) is 3. The zero-order chi connectivity index (χ0) is 14.4. The molecule has 0 radical (unpaired) electrons. The standard InChI is InChI=1S/C17H27NOS/c1-4-18-16(12-20-13(2)3)7-5-14-6-8-17-15(11-14)9-10-19-17/h6,8,11,13,16,18H,4-5,7,9-10,12H2,1-3H3. The third kappa shape index (κ3) is 4.71. The first kappa shape index (κ1) is 15.7. The van der Waals surface area contributed by atoms with Crippen molar-refractivity contribution in [3.05, 3.63) is 29.3 Å². The number of fused-ring (bicyclic) bond motifs is 1. The molecule has 0 aliphatic carbocycles. The van der Waals surface area contributed by atoms with Crippen LogP contribution < -0.4 is 10.1 Å². The molecular formula is C17H27NOS. The van der Waals surface area contributed by atoms with E-state index < -0.39 is 0 Å². The molecule has 0 aromatic heterocycles. The zero-order valence-corrected chi connectivity index (χ0v) is 13.8. The van der Waals surface area contributed by atoms with Gasteiger partial charge in [0.05, 0.1) is 6.61 Å². The minimum absolute atomic E-state index is 0.622. The summed E-state index contributed by atoms with van der Waals surface area (Å²) >= 11 is 2.05. The van der Waals surface area contributed by atoms with Gasteiger partial charge in [0.15, 0.2) is 0 Å². The molecule has 0 spiro atoms. The van der Waals surface area contributed by atoms with Crippen LogP contribution in [0.15, 0.2) is 18.2 Å². The Bertz CT molecular complexity index is 419. The second-order valence-corrected chi connectivity index (χ2v) is 7.33. The summed E-state index contributed by atoms with van der Waals surface area (Å²) in [7, 11) is 0. The van der Waals surface area contributed by atoms with Crippen LogP contribution in [0.3, 0.4) is 0 Å². The summed E-state index contributed by atoms with van der Waals surface area (Å²) in [6.45, 7) is 8.65. The number of aryl methyl sites for hydroxylation is 1. The van der Waals surface area contributed by atoms with Crippen molar-refractivity contribution < 1.29 is 4.74 Å². The summed E-state index contributed by atoms with van der Waals surface area (Å²) in [5.74, 6) is 2.30. The van der Waals surface area contributed by atoms with Gasteiger partial charge in [0, 0.05) is 18.2 Å². The number of nitrogens with one attached hydrogen (secondary N) is 1. The van der Waals surface area contributed by atoms with Crippen molar-refractivity contribution in [1.82, 2.24) is 5.32 Å². The van der Waals surface area contributed by atoms with Gasteiger partial charge >= 0.3 is 0 Å². The van der Waals surface area contributed by atoms with Crippen LogP contribution in [-0.4, -0.2) is 30.2 Å². The zero-order valence-electron chi connectivity index (χ0n) is 12.9. The fraction of sp³-hybridized carbons (Fsp3) is 0.647. The van der Waals surface area contributed by atoms with Crippen LogP contribution in [0.25, 0.3) is 0 Å². The van der Waals surface area contributed by atoms with Crippen LogP contribution in [0.4, 0.5) is 0 Å². The van der Waals surface area contributed by atoms with Crippen LogP contribution in [0.2, 0.25) is 0 Å². The third-order valence-electron chi connectivity index (χ3n) is 3.66. The van der Waals surface area contributed by atoms with Gasteiger partial charge in [0.25, 0.3) is 0 Å². The Morgan fingerprint density at radius 1 is 1.35 bits per heavy atom. The first-order valence-electron chi connectivity index (χ1n) is 7.78. The molecule has 1 aromatic rings. The quantitative estimate of drug-likeness (QED) is 0.790. The second kappa shape index (κ2) is 7.94. The Morgan fingerprint density at radius 3 is 2.95 bits per heavy atom. The number of benzene rings is 1. The van der Waals surface area contributed by atoms with E-state index in [0.29, 0.717) is 11.3 Å². The molecule has 0 fully saturated rings. The van der Waals surface area contributed by atoms with E-state index in [2.05, 4.69) is 56.0 Å². The molecule has 1 unspecified atom stereocenters. The summed E-state index contributed by atoms with van der Waals surface area (Å²) in [5.41, 5.74) is 2.84. The number of ether oxygens (including phenoxy) is 1. The third-order valence-corrected chi connectivity index (χ3v) is 4.92. The van der Waals surface area contributed by atoms with Gasteiger partial charge in [-0.25, -0.2) is 0 Å². The normalized spacial score (nSPS) is 15.2. The van der Waals surface area contributed by atoms with Crippen molar-refractivity contribution in [1.29, 1.82) is 0 Å². The maximum atomic E-state index is 5.57. The highest BCUT2D eigenvalue weighted by Gasteiger charge is 2.13. The lowest BCUT2D eigenvalue weighted by molar-refractivity contribution is 0.357. The molecule has 2 nitrogen and oxygen atoms in total. The van der Waals surface area contributed by atoms with Gasteiger partial charge in [0.2, 0.25) is 0 Å². The monoisotopic (exact) mass is 293 g/mol. The highest BCUT2D eigenvalue weighted by atomic mass is 32.2. The first-order valence-corrected chi connectivity index (χ1v) is 8.83. The van der Waals surface area contributed by atoms with Gasteiger partial charge in [-0.2, -0.15) is 11.8 Å². The smallest absolute Gasteiger partial charge is 0.122 e. The van der Waals surface area contributed by atoms with Crippen molar-refractivity contribution >= 4 is 11.8 Å². The summed E-state index contributed by atoms with van der Waals surface area (Å²) < 4.78 is 5.57. The Hall–Kier alpha value is -0.670. The van der Waals surface area contributed by atoms with Gasteiger partial charge in [-0.3, -0.25) is 0 Å². The fourth-order valence-corrected chi connectivity index (χ4v) is 3.48. The molecule has 3 heteroatoms. The molecular weight excluding hydrogens is 266 g/mol. The molecule has 0 saturated carbocycles. The lowest BCUT2D eigenvalue weighted by Gasteiger charge is -2.18. The lowest BCUT2D eigenvalue weighted by atomic mass is 10.0. The van der Waals surface area contributed by atoms with Gasteiger partial charge in [-0.1, -0.05) is 32.9 Å². The fourth-order valence-electron chi connectivity index (χ4n) is 2.58. The molecule has 1 aromatic carbocycles. The Kier molecular flexibility index (Phi) is 6.24. The van der Waals surface area contributed by atoms with E-state index in [4.69, 9.17) is 4.74 Å².